The van der Waals surface area contributed by atoms with Gasteiger partial charge in [-0.15, -0.1) is 0 Å². The van der Waals surface area contributed by atoms with Crippen molar-refractivity contribution in [2.45, 2.75) is 25.7 Å². The molecule has 2 nitrogen and oxygen atoms in total. The van der Waals surface area contributed by atoms with Crippen LogP contribution < -0.4 is 0 Å². The molecule has 84 valence electrons. The summed E-state index contributed by atoms with van der Waals surface area (Å²) in [4.78, 5) is 11.4. The average Bonchev–Trinajstić information content (AvgIpc) is 2.36. The molecular formula is C14H16O2. The van der Waals surface area contributed by atoms with Crippen molar-refractivity contribution in [2.75, 3.05) is 7.11 Å². The lowest BCUT2D eigenvalue weighted by Gasteiger charge is -2.16. The van der Waals surface area contributed by atoms with E-state index in [1.54, 1.807) is 0 Å². The second kappa shape index (κ2) is 4.52. The molecule has 0 aromatic heterocycles. The van der Waals surface area contributed by atoms with Crippen molar-refractivity contribution in [3.8, 4) is 0 Å². The van der Waals surface area contributed by atoms with Gasteiger partial charge in [0, 0.05) is 0 Å². The predicted molar refractivity (Wildman–Crippen MR) is 64.1 cm³/mol. The molecule has 0 radical (unpaired) electrons. The Bertz CT molecular complexity index is 432. The van der Waals surface area contributed by atoms with Crippen LogP contribution in [0.5, 0.6) is 0 Å². The minimum atomic E-state index is -0.351. The van der Waals surface area contributed by atoms with Crippen LogP contribution in [-0.4, -0.2) is 13.1 Å². The van der Waals surface area contributed by atoms with Crippen LogP contribution in [0.25, 0.3) is 5.57 Å². The van der Waals surface area contributed by atoms with Crippen molar-refractivity contribution in [3.05, 3.63) is 41.5 Å². The fourth-order valence-corrected chi connectivity index (χ4v) is 2.16. The third-order valence-corrected chi connectivity index (χ3v) is 3.13. The number of hydrogen-bond acceptors (Lipinski definition) is 2. The number of benzene rings is 1. The highest BCUT2D eigenvalue weighted by Gasteiger charge is 2.13. The molecule has 0 aliphatic heterocycles. The minimum Gasteiger partial charge on any atom is -0.465 e. The van der Waals surface area contributed by atoms with Gasteiger partial charge in [-0.25, -0.2) is 4.79 Å². The molecule has 0 saturated heterocycles. The topological polar surface area (TPSA) is 26.3 Å². The number of hydrogen-bond donors (Lipinski definition) is 0. The van der Waals surface area contributed by atoms with Gasteiger partial charge in [0.25, 0.3) is 0 Å². The van der Waals surface area contributed by atoms with Crippen LogP contribution >= 0.6 is 0 Å². The Morgan fingerprint density at radius 1 is 1.25 bits per heavy atom. The van der Waals surface area contributed by atoms with Crippen LogP contribution in [0.4, 0.5) is 0 Å². The second-order valence-electron chi connectivity index (χ2n) is 4.16. The summed E-state index contributed by atoms with van der Waals surface area (Å²) in [5.41, 5.74) is 4.09. The number of esters is 1. The second-order valence-corrected chi connectivity index (χ2v) is 4.16. The Kier molecular flexibility index (Phi) is 3.09. The number of methoxy groups -OCH3 is 1. The van der Waals surface area contributed by atoms with E-state index in [0.29, 0.717) is 5.57 Å². The molecule has 2 heteroatoms. The normalized spacial score (nSPS) is 14.1. The van der Waals surface area contributed by atoms with Gasteiger partial charge in [0.2, 0.25) is 0 Å². The van der Waals surface area contributed by atoms with Crippen molar-refractivity contribution >= 4 is 11.5 Å². The van der Waals surface area contributed by atoms with E-state index in [1.807, 2.05) is 6.07 Å². The molecule has 0 bridgehead atoms. The average molecular weight is 216 g/mol. The van der Waals surface area contributed by atoms with E-state index in [4.69, 9.17) is 0 Å². The summed E-state index contributed by atoms with van der Waals surface area (Å²) in [6.07, 6.45) is 4.77. The Balaban J connectivity index is 2.30. The highest BCUT2D eigenvalue weighted by molar-refractivity contribution is 6.15. The van der Waals surface area contributed by atoms with Gasteiger partial charge in [-0.1, -0.05) is 24.8 Å². The number of carbonyl (C=O) groups is 1. The maximum atomic E-state index is 11.4. The lowest BCUT2D eigenvalue weighted by atomic mass is 9.89. The monoisotopic (exact) mass is 216 g/mol. The van der Waals surface area contributed by atoms with Gasteiger partial charge in [-0.05, 0) is 42.4 Å². The highest BCUT2D eigenvalue weighted by atomic mass is 16.5. The molecule has 1 aliphatic carbocycles. The Labute approximate surface area is 95.9 Å². The first-order valence-electron chi connectivity index (χ1n) is 5.62. The van der Waals surface area contributed by atoms with E-state index in [2.05, 4.69) is 23.4 Å². The van der Waals surface area contributed by atoms with Crippen LogP contribution in [0.1, 0.15) is 29.5 Å². The lowest BCUT2D eigenvalue weighted by molar-refractivity contribution is -0.133. The molecule has 1 aromatic rings. The zero-order valence-corrected chi connectivity index (χ0v) is 9.58. The predicted octanol–water partition coefficient (Wildman–Crippen LogP) is 2.75. The maximum absolute atomic E-state index is 11.4. The van der Waals surface area contributed by atoms with E-state index in [-0.39, 0.29) is 5.97 Å². The summed E-state index contributed by atoms with van der Waals surface area (Å²) in [5.74, 6) is -0.351. The Morgan fingerprint density at radius 3 is 2.62 bits per heavy atom. The summed E-state index contributed by atoms with van der Waals surface area (Å²) in [5, 5.41) is 0. The molecule has 0 unspecified atom stereocenters. The van der Waals surface area contributed by atoms with E-state index < -0.39 is 0 Å². The van der Waals surface area contributed by atoms with Gasteiger partial charge in [0.15, 0.2) is 0 Å². The number of carbonyl (C=O) groups excluding carboxylic acids is 1. The van der Waals surface area contributed by atoms with Gasteiger partial charge in [0.1, 0.15) is 0 Å². The largest absolute Gasteiger partial charge is 0.465 e. The van der Waals surface area contributed by atoms with E-state index in [0.717, 1.165) is 18.4 Å². The fourth-order valence-electron chi connectivity index (χ4n) is 2.16. The third kappa shape index (κ3) is 2.01. The minimum absolute atomic E-state index is 0.351. The smallest absolute Gasteiger partial charge is 0.337 e. The molecular weight excluding hydrogens is 200 g/mol. The highest BCUT2D eigenvalue weighted by Crippen LogP contribution is 2.25. The summed E-state index contributed by atoms with van der Waals surface area (Å²) >= 11 is 0. The van der Waals surface area contributed by atoms with Gasteiger partial charge >= 0.3 is 5.97 Å². The summed E-state index contributed by atoms with van der Waals surface area (Å²) in [7, 11) is 1.38. The molecule has 0 N–H and O–H groups in total. The standard InChI is InChI=1S/C14H16O2/c1-10(14(15)16-2)12-8-7-11-5-3-4-6-13(11)9-12/h7-9H,1,3-6H2,2H3. The number of ether oxygens (including phenoxy) is 1. The first-order chi connectivity index (χ1) is 7.72. The first kappa shape index (κ1) is 10.9. The summed E-state index contributed by atoms with van der Waals surface area (Å²) in [6.45, 7) is 3.77. The van der Waals surface area contributed by atoms with E-state index >= 15 is 0 Å². The van der Waals surface area contributed by atoms with Crippen LogP contribution in [0.3, 0.4) is 0 Å². The lowest BCUT2D eigenvalue weighted by Crippen LogP contribution is -2.06. The SMILES string of the molecule is C=C(C(=O)OC)c1ccc2c(c1)CCCC2. The molecule has 0 atom stereocenters. The van der Waals surface area contributed by atoms with Crippen LogP contribution in [0.2, 0.25) is 0 Å². The van der Waals surface area contributed by atoms with E-state index in [1.165, 1.54) is 31.1 Å². The van der Waals surface area contributed by atoms with Gasteiger partial charge in [-0.2, -0.15) is 0 Å². The molecule has 0 fully saturated rings. The van der Waals surface area contributed by atoms with Crippen molar-refractivity contribution < 1.29 is 9.53 Å². The zero-order valence-electron chi connectivity index (χ0n) is 9.58. The molecule has 16 heavy (non-hydrogen) atoms. The third-order valence-electron chi connectivity index (χ3n) is 3.13. The van der Waals surface area contributed by atoms with Crippen molar-refractivity contribution in [2.24, 2.45) is 0 Å². The molecule has 1 aliphatic rings. The van der Waals surface area contributed by atoms with Crippen LogP contribution in [0, 0.1) is 0 Å². The number of fused-ring (bicyclic) bond motifs is 1. The molecule has 0 saturated carbocycles. The molecule has 0 heterocycles. The van der Waals surface area contributed by atoms with Gasteiger partial charge < -0.3 is 4.74 Å². The molecule has 0 amide bonds. The van der Waals surface area contributed by atoms with Crippen molar-refractivity contribution in [1.82, 2.24) is 0 Å². The number of aryl methyl sites for hydroxylation is 2. The molecule has 1 aromatic carbocycles. The van der Waals surface area contributed by atoms with Gasteiger partial charge in [-0.3, -0.25) is 0 Å². The van der Waals surface area contributed by atoms with Crippen LogP contribution in [0.15, 0.2) is 24.8 Å². The molecule has 2 rings (SSSR count). The quantitative estimate of drug-likeness (QED) is 0.561. The van der Waals surface area contributed by atoms with Crippen molar-refractivity contribution in [1.29, 1.82) is 0 Å². The zero-order chi connectivity index (χ0) is 11.5. The van der Waals surface area contributed by atoms with Gasteiger partial charge in [0.05, 0.1) is 12.7 Å². The van der Waals surface area contributed by atoms with E-state index in [9.17, 15) is 4.79 Å². The fraction of sp³-hybridized carbons (Fsp3) is 0.357. The molecule has 0 spiro atoms. The van der Waals surface area contributed by atoms with Crippen molar-refractivity contribution in [3.63, 3.8) is 0 Å². The van der Waals surface area contributed by atoms with Crippen LogP contribution in [-0.2, 0) is 22.4 Å². The summed E-state index contributed by atoms with van der Waals surface area (Å²) in [6, 6.07) is 6.15. The maximum Gasteiger partial charge on any atom is 0.337 e. The summed E-state index contributed by atoms with van der Waals surface area (Å²) < 4.78 is 4.67. The first-order valence-corrected chi connectivity index (χ1v) is 5.62. The Morgan fingerprint density at radius 2 is 1.94 bits per heavy atom. The Hall–Kier alpha value is -1.57. The number of rotatable bonds is 2.